The Morgan fingerprint density at radius 1 is 1.47 bits per heavy atom. The summed E-state index contributed by atoms with van der Waals surface area (Å²) >= 11 is 11.7. The van der Waals surface area contributed by atoms with Gasteiger partial charge in [0.1, 0.15) is 6.54 Å². The molecule has 0 saturated heterocycles. The molecule has 1 aliphatic heterocycles. The van der Waals surface area contributed by atoms with Crippen molar-refractivity contribution in [2.45, 2.75) is 5.06 Å². The summed E-state index contributed by atoms with van der Waals surface area (Å²) in [5, 5.41) is 12.3. The maximum absolute atomic E-state index is 10.5. The van der Waals surface area contributed by atoms with Gasteiger partial charge in [0, 0.05) is 0 Å². The number of ether oxygens (including phenoxy) is 1. The molecule has 0 aliphatic carbocycles. The Kier molecular flexibility index (Phi) is 3.13. The van der Waals surface area contributed by atoms with E-state index in [0.717, 1.165) is 5.69 Å². The van der Waals surface area contributed by atoms with Crippen LogP contribution in [0.4, 0.5) is 10.5 Å². The van der Waals surface area contributed by atoms with Gasteiger partial charge in [-0.2, -0.15) is 5.10 Å². The number of hydrogen-bond donors (Lipinski definition) is 1. The number of anilines is 1. The van der Waals surface area contributed by atoms with Crippen molar-refractivity contribution < 1.29 is 14.6 Å². The molecule has 1 aromatic rings. The van der Waals surface area contributed by atoms with Gasteiger partial charge < -0.3 is 9.84 Å². The maximum Gasteiger partial charge on any atom is 0.507 e. The Bertz CT molecular complexity index is 466. The van der Waals surface area contributed by atoms with Crippen LogP contribution in [0.1, 0.15) is 0 Å². The predicted octanol–water partition coefficient (Wildman–Crippen LogP) is 2.69. The summed E-state index contributed by atoms with van der Waals surface area (Å²) in [7, 11) is 0. The van der Waals surface area contributed by atoms with Gasteiger partial charge in [-0.15, -0.1) is 0 Å². The first-order valence-electron chi connectivity index (χ1n) is 4.69. The quantitative estimate of drug-likeness (QED) is 0.665. The van der Waals surface area contributed by atoms with E-state index in [-0.39, 0.29) is 11.7 Å². The third-order valence-electron chi connectivity index (χ3n) is 2.17. The van der Waals surface area contributed by atoms with E-state index in [9.17, 15) is 4.79 Å². The zero-order valence-electron chi connectivity index (χ0n) is 8.51. The third-order valence-corrected chi connectivity index (χ3v) is 3.03. The fourth-order valence-corrected chi connectivity index (χ4v) is 1.84. The summed E-state index contributed by atoms with van der Waals surface area (Å²) in [6.45, 7) is 0.0315. The van der Waals surface area contributed by atoms with Gasteiger partial charge in [0.15, 0.2) is 5.17 Å². The average Bonchev–Trinajstić information content (AvgIpc) is 2.55. The summed E-state index contributed by atoms with van der Waals surface area (Å²) in [5.41, 5.74) is 0.752. The monoisotopic (exact) mass is 274 g/mol. The second-order valence-corrected chi connectivity index (χ2v) is 4.35. The molecule has 1 N–H and O–H groups in total. The first-order valence-corrected chi connectivity index (χ1v) is 5.45. The van der Waals surface area contributed by atoms with E-state index < -0.39 is 11.2 Å². The Morgan fingerprint density at radius 3 is 2.71 bits per heavy atom. The molecule has 0 radical (unpaired) electrons. The topological polar surface area (TPSA) is 62.1 Å². The highest BCUT2D eigenvalue weighted by Crippen LogP contribution is 2.32. The second-order valence-electron chi connectivity index (χ2n) is 3.38. The summed E-state index contributed by atoms with van der Waals surface area (Å²) in [4.78, 5) is 10.5. The molecule has 90 valence electrons. The first-order chi connectivity index (χ1) is 8.01. The SMILES string of the molecule is O=C(O)OC1(Cl)CN(c2ccccc2)N=C1Cl. The van der Waals surface area contributed by atoms with Gasteiger partial charge >= 0.3 is 6.16 Å². The van der Waals surface area contributed by atoms with Crippen molar-refractivity contribution in [3.8, 4) is 0 Å². The van der Waals surface area contributed by atoms with Gasteiger partial charge in [-0.3, -0.25) is 5.01 Å². The normalized spacial score (nSPS) is 23.4. The molecule has 2 rings (SSSR count). The van der Waals surface area contributed by atoms with Crippen molar-refractivity contribution in [2.24, 2.45) is 5.10 Å². The van der Waals surface area contributed by atoms with E-state index in [4.69, 9.17) is 28.3 Å². The van der Waals surface area contributed by atoms with Crippen LogP contribution in [0.2, 0.25) is 0 Å². The molecule has 1 atom stereocenters. The summed E-state index contributed by atoms with van der Waals surface area (Å²) in [6.07, 6.45) is -1.50. The standard InChI is InChI=1S/C10H8Cl2N2O3/c11-8-10(12,17-9(15)16)6-14(13-8)7-4-2-1-3-5-7/h1-5H,6H2,(H,15,16). The minimum Gasteiger partial charge on any atom is -0.450 e. The molecule has 5 nitrogen and oxygen atoms in total. The van der Waals surface area contributed by atoms with Crippen LogP contribution in [0.3, 0.4) is 0 Å². The number of alkyl halides is 1. The minimum absolute atomic E-state index is 0.0315. The zero-order valence-corrected chi connectivity index (χ0v) is 10.0. The van der Waals surface area contributed by atoms with Crippen molar-refractivity contribution in [3.05, 3.63) is 30.3 Å². The predicted molar refractivity (Wildman–Crippen MR) is 64.8 cm³/mol. The lowest BCUT2D eigenvalue weighted by molar-refractivity contribution is 0.0658. The molecule has 0 amide bonds. The second kappa shape index (κ2) is 4.43. The Labute approximate surface area is 107 Å². The van der Waals surface area contributed by atoms with Crippen LogP contribution in [0.5, 0.6) is 0 Å². The molecule has 7 heteroatoms. The van der Waals surface area contributed by atoms with Crippen LogP contribution < -0.4 is 5.01 Å². The van der Waals surface area contributed by atoms with Crippen LogP contribution in [0, 0.1) is 0 Å². The number of para-hydroxylation sites is 1. The highest BCUT2D eigenvalue weighted by molar-refractivity contribution is 6.72. The Hall–Kier alpha value is -1.46. The van der Waals surface area contributed by atoms with Crippen LogP contribution >= 0.6 is 23.2 Å². The van der Waals surface area contributed by atoms with Crippen molar-refractivity contribution >= 4 is 40.2 Å². The molecule has 1 unspecified atom stereocenters. The summed E-state index contributed by atoms with van der Waals surface area (Å²) < 4.78 is 4.54. The van der Waals surface area contributed by atoms with Gasteiger partial charge in [-0.05, 0) is 12.1 Å². The van der Waals surface area contributed by atoms with Crippen LogP contribution in [0.15, 0.2) is 35.4 Å². The van der Waals surface area contributed by atoms with Crippen molar-refractivity contribution in [3.63, 3.8) is 0 Å². The molecule has 17 heavy (non-hydrogen) atoms. The van der Waals surface area contributed by atoms with E-state index in [0.29, 0.717) is 0 Å². The van der Waals surface area contributed by atoms with E-state index in [1.165, 1.54) is 5.01 Å². The highest BCUT2D eigenvalue weighted by Gasteiger charge is 2.45. The Morgan fingerprint density at radius 2 is 2.12 bits per heavy atom. The molecule has 0 spiro atoms. The number of benzene rings is 1. The van der Waals surface area contributed by atoms with Crippen LogP contribution in [-0.4, -0.2) is 28.0 Å². The first kappa shape index (κ1) is 12.0. The smallest absolute Gasteiger partial charge is 0.450 e. The van der Waals surface area contributed by atoms with Gasteiger partial charge in [0.05, 0.1) is 5.69 Å². The molecule has 1 heterocycles. The number of hydrazone groups is 1. The molecule has 0 saturated carbocycles. The maximum atomic E-state index is 10.5. The molecule has 1 aliphatic rings. The lowest BCUT2D eigenvalue weighted by Gasteiger charge is -2.20. The Balaban J connectivity index is 2.20. The number of halogens is 2. The van der Waals surface area contributed by atoms with Crippen LogP contribution in [-0.2, 0) is 4.74 Å². The van der Waals surface area contributed by atoms with Crippen molar-refractivity contribution in [1.29, 1.82) is 0 Å². The molecule has 1 aromatic carbocycles. The molecule has 0 fully saturated rings. The van der Waals surface area contributed by atoms with Gasteiger partial charge in [-0.1, -0.05) is 41.4 Å². The average molecular weight is 275 g/mol. The lowest BCUT2D eigenvalue weighted by Crippen LogP contribution is -2.38. The molecular weight excluding hydrogens is 267 g/mol. The number of carboxylic acid groups (broad SMARTS) is 1. The van der Waals surface area contributed by atoms with Gasteiger partial charge in [0.2, 0.25) is 0 Å². The van der Waals surface area contributed by atoms with Crippen molar-refractivity contribution in [1.82, 2.24) is 0 Å². The van der Waals surface area contributed by atoms with E-state index >= 15 is 0 Å². The third kappa shape index (κ3) is 2.45. The highest BCUT2D eigenvalue weighted by atomic mass is 35.5. The summed E-state index contributed by atoms with van der Waals surface area (Å²) in [6, 6.07) is 9.11. The van der Waals surface area contributed by atoms with Gasteiger partial charge in [0.25, 0.3) is 5.06 Å². The fourth-order valence-electron chi connectivity index (χ4n) is 1.44. The number of carbonyl (C=O) groups is 1. The van der Waals surface area contributed by atoms with Crippen molar-refractivity contribution in [2.75, 3.05) is 11.6 Å². The van der Waals surface area contributed by atoms with Crippen LogP contribution in [0.25, 0.3) is 0 Å². The summed E-state index contributed by atoms with van der Waals surface area (Å²) in [5.74, 6) is 0. The number of hydrogen-bond acceptors (Lipinski definition) is 4. The minimum atomic E-state index is -1.64. The van der Waals surface area contributed by atoms with E-state index in [2.05, 4.69) is 9.84 Å². The van der Waals surface area contributed by atoms with E-state index in [1.807, 2.05) is 18.2 Å². The van der Waals surface area contributed by atoms with Gasteiger partial charge in [-0.25, -0.2) is 4.79 Å². The molecule has 0 aromatic heterocycles. The fraction of sp³-hybridized carbons (Fsp3) is 0.200. The largest absolute Gasteiger partial charge is 0.507 e. The molecular formula is C10H8Cl2N2O3. The number of nitrogens with zero attached hydrogens (tertiary/aromatic N) is 2. The lowest BCUT2D eigenvalue weighted by atomic mass is 10.3. The van der Waals surface area contributed by atoms with E-state index in [1.54, 1.807) is 12.1 Å². The molecule has 0 bridgehead atoms. The zero-order chi connectivity index (χ0) is 12.5. The number of rotatable bonds is 2.